The third kappa shape index (κ3) is 3.14. The Labute approximate surface area is 122 Å². The van der Waals surface area contributed by atoms with E-state index in [2.05, 4.69) is 5.32 Å². The van der Waals surface area contributed by atoms with Gasteiger partial charge in [-0.05, 0) is 30.0 Å². The van der Waals surface area contributed by atoms with Crippen molar-refractivity contribution in [2.75, 3.05) is 25.5 Å². The lowest BCUT2D eigenvalue weighted by molar-refractivity contribution is -0.137. The molecule has 1 aromatic carbocycles. The first-order chi connectivity index (χ1) is 9.74. The molecule has 0 saturated carbocycles. The molecular weight excluding hydrogens is 281 g/mol. The van der Waals surface area contributed by atoms with Gasteiger partial charge in [0.15, 0.2) is 0 Å². The third-order valence-electron chi connectivity index (χ3n) is 4.12. The molecule has 2 unspecified atom stereocenters. The number of carbonyl (C=O) groups is 1. The number of anilines is 1. The zero-order chi connectivity index (χ0) is 15.8. The van der Waals surface area contributed by atoms with Gasteiger partial charge in [0.2, 0.25) is 0 Å². The smallest absolute Gasteiger partial charge is 0.387 e. The number of hydrogen-bond acceptors (Lipinski definition) is 2. The van der Waals surface area contributed by atoms with Crippen LogP contribution in [0.4, 0.5) is 18.9 Å². The number of rotatable bonds is 2. The largest absolute Gasteiger partial charge is 0.416 e. The Balaban J connectivity index is 2.35. The number of likely N-dealkylation sites (tertiary alicyclic amines) is 1. The molecule has 0 aliphatic carbocycles. The first kappa shape index (κ1) is 15.7. The van der Waals surface area contributed by atoms with E-state index in [9.17, 15) is 18.0 Å². The van der Waals surface area contributed by atoms with Crippen LogP contribution >= 0.6 is 0 Å². The molecular formula is C15H19F3N2O. The van der Waals surface area contributed by atoms with Gasteiger partial charge in [0.05, 0.1) is 11.1 Å². The van der Waals surface area contributed by atoms with E-state index in [1.807, 2.05) is 13.8 Å². The standard InChI is InChI=1S/C15H19F3N2O/c1-9-7-20(8-10(9)2)14(21)12-6-11(15(16,17)18)4-5-13(12)19-3/h4-6,9-10,19H,7-8H2,1-3H3. The number of halogens is 3. The zero-order valence-corrected chi connectivity index (χ0v) is 12.3. The molecule has 21 heavy (non-hydrogen) atoms. The van der Waals surface area contributed by atoms with E-state index in [1.54, 1.807) is 11.9 Å². The quantitative estimate of drug-likeness (QED) is 0.907. The topological polar surface area (TPSA) is 32.3 Å². The minimum atomic E-state index is -4.45. The predicted molar refractivity (Wildman–Crippen MR) is 75.2 cm³/mol. The molecule has 1 aliphatic rings. The van der Waals surface area contributed by atoms with Crippen LogP contribution in [0.25, 0.3) is 0 Å². The van der Waals surface area contributed by atoms with Crippen molar-refractivity contribution in [1.82, 2.24) is 4.90 Å². The summed E-state index contributed by atoms with van der Waals surface area (Å²) in [5, 5.41) is 2.79. The molecule has 1 aromatic rings. The fraction of sp³-hybridized carbons (Fsp3) is 0.533. The maximum atomic E-state index is 12.8. The number of benzene rings is 1. The lowest BCUT2D eigenvalue weighted by Crippen LogP contribution is -2.29. The Kier molecular flexibility index (Phi) is 4.16. The highest BCUT2D eigenvalue weighted by molar-refractivity contribution is 6.00. The predicted octanol–water partition coefficient (Wildman–Crippen LogP) is 3.48. The maximum Gasteiger partial charge on any atom is 0.416 e. The second kappa shape index (κ2) is 5.58. The lowest BCUT2D eigenvalue weighted by Gasteiger charge is -2.19. The second-order valence-corrected chi connectivity index (χ2v) is 5.67. The SMILES string of the molecule is CNc1ccc(C(F)(F)F)cc1C(=O)N1CC(C)C(C)C1. The molecule has 2 atom stereocenters. The third-order valence-corrected chi connectivity index (χ3v) is 4.12. The molecule has 2 rings (SSSR count). The van der Waals surface area contributed by atoms with E-state index in [-0.39, 0.29) is 11.5 Å². The highest BCUT2D eigenvalue weighted by Crippen LogP contribution is 2.33. The first-order valence-electron chi connectivity index (χ1n) is 6.92. The van der Waals surface area contributed by atoms with E-state index in [0.29, 0.717) is 30.6 Å². The Hall–Kier alpha value is -1.72. The van der Waals surface area contributed by atoms with Gasteiger partial charge in [-0.3, -0.25) is 4.79 Å². The Morgan fingerprint density at radius 2 is 1.81 bits per heavy atom. The van der Waals surface area contributed by atoms with Crippen LogP contribution in [0.5, 0.6) is 0 Å². The van der Waals surface area contributed by atoms with Gasteiger partial charge in [-0.2, -0.15) is 13.2 Å². The van der Waals surface area contributed by atoms with Crippen molar-refractivity contribution in [3.05, 3.63) is 29.3 Å². The number of alkyl halides is 3. The van der Waals surface area contributed by atoms with Crippen molar-refractivity contribution in [2.24, 2.45) is 11.8 Å². The number of nitrogens with zero attached hydrogens (tertiary/aromatic N) is 1. The van der Waals surface area contributed by atoms with Gasteiger partial charge in [-0.25, -0.2) is 0 Å². The van der Waals surface area contributed by atoms with Crippen molar-refractivity contribution in [3.8, 4) is 0 Å². The van der Waals surface area contributed by atoms with Crippen LogP contribution in [0.1, 0.15) is 29.8 Å². The molecule has 1 aliphatic heterocycles. The Bertz CT molecular complexity index is 532. The molecule has 1 fully saturated rings. The minimum absolute atomic E-state index is 0.0774. The van der Waals surface area contributed by atoms with Crippen molar-refractivity contribution in [2.45, 2.75) is 20.0 Å². The molecule has 0 spiro atoms. The van der Waals surface area contributed by atoms with Crippen LogP contribution in [0.3, 0.4) is 0 Å². The van der Waals surface area contributed by atoms with E-state index in [0.717, 1.165) is 12.1 Å². The van der Waals surface area contributed by atoms with Gasteiger partial charge in [-0.1, -0.05) is 13.8 Å². The minimum Gasteiger partial charge on any atom is -0.387 e. The van der Waals surface area contributed by atoms with Gasteiger partial charge in [0, 0.05) is 25.8 Å². The normalized spacial score (nSPS) is 22.5. The second-order valence-electron chi connectivity index (χ2n) is 5.67. The molecule has 1 N–H and O–H groups in total. The summed E-state index contributed by atoms with van der Waals surface area (Å²) in [4.78, 5) is 14.1. The van der Waals surface area contributed by atoms with E-state index < -0.39 is 11.7 Å². The van der Waals surface area contributed by atoms with Crippen LogP contribution in [0, 0.1) is 11.8 Å². The number of hydrogen-bond donors (Lipinski definition) is 1. The summed E-state index contributed by atoms with van der Waals surface area (Å²) in [6.07, 6.45) is -4.45. The number of amides is 1. The molecule has 0 bridgehead atoms. The summed E-state index contributed by atoms with van der Waals surface area (Å²) in [6.45, 7) is 5.25. The van der Waals surface area contributed by atoms with Crippen LogP contribution in [-0.4, -0.2) is 30.9 Å². The van der Waals surface area contributed by atoms with Crippen LogP contribution in [0.2, 0.25) is 0 Å². The molecule has 1 saturated heterocycles. The van der Waals surface area contributed by atoms with E-state index in [1.165, 1.54) is 6.07 Å². The summed E-state index contributed by atoms with van der Waals surface area (Å²) >= 11 is 0. The molecule has 1 amide bonds. The molecule has 0 aromatic heterocycles. The average molecular weight is 300 g/mol. The molecule has 3 nitrogen and oxygen atoms in total. The lowest BCUT2D eigenvalue weighted by atomic mass is 10.0. The summed E-state index contributed by atoms with van der Waals surface area (Å²) in [6, 6.07) is 3.22. The van der Waals surface area contributed by atoms with Crippen molar-refractivity contribution < 1.29 is 18.0 Å². The number of nitrogens with one attached hydrogen (secondary N) is 1. The van der Waals surface area contributed by atoms with Gasteiger partial charge < -0.3 is 10.2 Å². The first-order valence-corrected chi connectivity index (χ1v) is 6.92. The molecule has 6 heteroatoms. The van der Waals surface area contributed by atoms with Crippen molar-refractivity contribution in [1.29, 1.82) is 0 Å². The van der Waals surface area contributed by atoms with Crippen LogP contribution < -0.4 is 5.32 Å². The highest BCUT2D eigenvalue weighted by Gasteiger charge is 2.34. The van der Waals surface area contributed by atoms with Gasteiger partial charge in [-0.15, -0.1) is 0 Å². The Morgan fingerprint density at radius 3 is 2.29 bits per heavy atom. The van der Waals surface area contributed by atoms with Gasteiger partial charge in [0.1, 0.15) is 0 Å². The molecule has 1 heterocycles. The van der Waals surface area contributed by atoms with Gasteiger partial charge >= 0.3 is 6.18 Å². The molecule has 0 radical (unpaired) electrons. The van der Waals surface area contributed by atoms with Gasteiger partial charge in [0.25, 0.3) is 5.91 Å². The Morgan fingerprint density at radius 1 is 1.24 bits per heavy atom. The molecule has 116 valence electrons. The monoisotopic (exact) mass is 300 g/mol. The maximum absolute atomic E-state index is 12.8. The van der Waals surface area contributed by atoms with Crippen LogP contribution in [-0.2, 0) is 6.18 Å². The summed E-state index contributed by atoms with van der Waals surface area (Å²) < 4.78 is 38.5. The van der Waals surface area contributed by atoms with Crippen molar-refractivity contribution >= 4 is 11.6 Å². The van der Waals surface area contributed by atoms with E-state index in [4.69, 9.17) is 0 Å². The fourth-order valence-corrected chi connectivity index (χ4v) is 2.58. The zero-order valence-electron chi connectivity index (χ0n) is 12.3. The fourth-order valence-electron chi connectivity index (χ4n) is 2.58. The summed E-state index contributed by atoms with van der Waals surface area (Å²) in [7, 11) is 1.59. The van der Waals surface area contributed by atoms with Crippen molar-refractivity contribution in [3.63, 3.8) is 0 Å². The average Bonchev–Trinajstić information content (AvgIpc) is 2.76. The summed E-state index contributed by atoms with van der Waals surface area (Å²) in [5.74, 6) is 0.372. The highest BCUT2D eigenvalue weighted by atomic mass is 19.4. The van der Waals surface area contributed by atoms with Crippen LogP contribution in [0.15, 0.2) is 18.2 Å². The number of carbonyl (C=O) groups excluding carboxylic acids is 1. The summed E-state index contributed by atoms with van der Waals surface area (Å²) in [5.41, 5.74) is -0.307. The van der Waals surface area contributed by atoms with E-state index >= 15 is 0 Å².